The molecule has 1 unspecified atom stereocenters. The second kappa shape index (κ2) is 7.78. The number of carbonyl (C=O) groups is 2. The molecular weight excluding hydrogens is 262 g/mol. The van der Waals surface area contributed by atoms with Gasteiger partial charge in [0.25, 0.3) is 0 Å². The molecule has 0 bridgehead atoms. The number of hydrogen-bond acceptors (Lipinski definition) is 3. The van der Waals surface area contributed by atoms with Crippen molar-refractivity contribution in [1.82, 2.24) is 4.90 Å². The van der Waals surface area contributed by atoms with Gasteiger partial charge in [-0.3, -0.25) is 4.79 Å². The van der Waals surface area contributed by atoms with Crippen molar-refractivity contribution in [2.75, 3.05) is 18.1 Å². The second-order valence-electron chi connectivity index (χ2n) is 5.14. The molecule has 1 rings (SSSR count). The SMILES string of the molecule is CCCCSCC(=O)N1CCCC1(CCC)C(=O)O. The zero-order valence-corrected chi connectivity index (χ0v) is 12.8. The molecular formula is C14H25NO3S. The molecule has 1 N–H and O–H groups in total. The molecule has 0 aliphatic carbocycles. The molecule has 1 saturated heterocycles. The number of carboxylic acid groups (broad SMARTS) is 1. The highest BCUT2D eigenvalue weighted by atomic mass is 32.2. The number of thioether (sulfide) groups is 1. The number of hydrogen-bond donors (Lipinski definition) is 1. The van der Waals surface area contributed by atoms with Crippen LogP contribution in [0.25, 0.3) is 0 Å². The minimum atomic E-state index is -0.933. The van der Waals surface area contributed by atoms with E-state index in [4.69, 9.17) is 0 Å². The average Bonchev–Trinajstić information content (AvgIpc) is 2.80. The Balaban J connectivity index is 2.63. The Morgan fingerprint density at radius 2 is 2.05 bits per heavy atom. The molecule has 5 heteroatoms. The Bertz CT molecular complexity index is 322. The van der Waals surface area contributed by atoms with Crippen molar-refractivity contribution >= 4 is 23.6 Å². The van der Waals surface area contributed by atoms with Gasteiger partial charge in [0, 0.05) is 6.54 Å². The van der Waals surface area contributed by atoms with Gasteiger partial charge >= 0.3 is 5.97 Å². The maximum absolute atomic E-state index is 12.2. The van der Waals surface area contributed by atoms with E-state index in [1.54, 1.807) is 16.7 Å². The number of carbonyl (C=O) groups excluding carboxylic acids is 1. The third kappa shape index (κ3) is 3.88. The fourth-order valence-corrected chi connectivity index (χ4v) is 3.70. The van der Waals surface area contributed by atoms with E-state index >= 15 is 0 Å². The number of rotatable bonds is 8. The largest absolute Gasteiger partial charge is 0.479 e. The van der Waals surface area contributed by atoms with Crippen LogP contribution in [0.4, 0.5) is 0 Å². The first kappa shape index (κ1) is 16.3. The van der Waals surface area contributed by atoms with Crippen molar-refractivity contribution in [3.63, 3.8) is 0 Å². The third-order valence-electron chi connectivity index (χ3n) is 3.72. The van der Waals surface area contributed by atoms with Crippen LogP contribution in [0, 0.1) is 0 Å². The first-order valence-corrected chi connectivity index (χ1v) is 8.35. The van der Waals surface area contributed by atoms with Gasteiger partial charge in [-0.05, 0) is 31.4 Å². The summed E-state index contributed by atoms with van der Waals surface area (Å²) < 4.78 is 0. The lowest BCUT2D eigenvalue weighted by molar-refractivity contribution is -0.156. The maximum atomic E-state index is 12.2. The molecule has 1 fully saturated rings. The molecule has 1 atom stereocenters. The molecule has 0 aromatic carbocycles. The summed E-state index contributed by atoms with van der Waals surface area (Å²) >= 11 is 1.62. The van der Waals surface area contributed by atoms with Crippen LogP contribution in [0.5, 0.6) is 0 Å². The maximum Gasteiger partial charge on any atom is 0.329 e. The molecule has 0 radical (unpaired) electrons. The van der Waals surface area contributed by atoms with Gasteiger partial charge < -0.3 is 10.0 Å². The van der Waals surface area contributed by atoms with Gasteiger partial charge in [-0.1, -0.05) is 26.7 Å². The second-order valence-corrected chi connectivity index (χ2v) is 6.25. The van der Waals surface area contributed by atoms with E-state index in [1.165, 1.54) is 0 Å². The van der Waals surface area contributed by atoms with Crippen molar-refractivity contribution in [2.45, 2.75) is 57.9 Å². The average molecular weight is 287 g/mol. The summed E-state index contributed by atoms with van der Waals surface area (Å²) in [6.45, 7) is 4.70. The smallest absolute Gasteiger partial charge is 0.329 e. The van der Waals surface area contributed by atoms with Crippen LogP contribution in [0.1, 0.15) is 52.4 Å². The van der Waals surface area contributed by atoms with Crippen LogP contribution in [0.15, 0.2) is 0 Å². The monoisotopic (exact) mass is 287 g/mol. The van der Waals surface area contributed by atoms with Crippen molar-refractivity contribution in [3.8, 4) is 0 Å². The highest BCUT2D eigenvalue weighted by molar-refractivity contribution is 7.99. The van der Waals surface area contributed by atoms with Crippen molar-refractivity contribution < 1.29 is 14.7 Å². The lowest BCUT2D eigenvalue weighted by Crippen LogP contribution is -2.53. The quantitative estimate of drug-likeness (QED) is 0.697. The van der Waals surface area contributed by atoms with E-state index in [0.29, 0.717) is 25.1 Å². The topological polar surface area (TPSA) is 57.6 Å². The molecule has 4 nitrogen and oxygen atoms in total. The van der Waals surface area contributed by atoms with Gasteiger partial charge in [0.05, 0.1) is 5.75 Å². The molecule has 1 amide bonds. The lowest BCUT2D eigenvalue weighted by Gasteiger charge is -2.34. The molecule has 0 saturated carbocycles. The fraction of sp³-hybridized carbons (Fsp3) is 0.857. The van der Waals surface area contributed by atoms with Crippen LogP contribution >= 0.6 is 11.8 Å². The predicted octanol–water partition coefficient (Wildman–Crippen LogP) is 2.77. The van der Waals surface area contributed by atoms with Crippen molar-refractivity contribution in [2.24, 2.45) is 0 Å². The summed E-state index contributed by atoms with van der Waals surface area (Å²) in [7, 11) is 0. The Labute approximate surface area is 119 Å². The van der Waals surface area contributed by atoms with Crippen molar-refractivity contribution in [3.05, 3.63) is 0 Å². The van der Waals surface area contributed by atoms with E-state index in [2.05, 4.69) is 6.92 Å². The van der Waals surface area contributed by atoms with Crippen LogP contribution in [0.3, 0.4) is 0 Å². The lowest BCUT2D eigenvalue weighted by atomic mass is 9.90. The van der Waals surface area contributed by atoms with Crippen LogP contribution in [0.2, 0.25) is 0 Å². The normalized spacial score (nSPS) is 22.7. The zero-order valence-electron chi connectivity index (χ0n) is 12.0. The number of aliphatic carboxylic acids is 1. The van der Waals surface area contributed by atoms with Gasteiger partial charge in [-0.15, -0.1) is 0 Å². The van der Waals surface area contributed by atoms with E-state index in [1.807, 2.05) is 6.92 Å². The molecule has 19 heavy (non-hydrogen) atoms. The minimum absolute atomic E-state index is 0.00514. The third-order valence-corrected chi connectivity index (χ3v) is 4.75. The van der Waals surface area contributed by atoms with Gasteiger partial charge in [-0.25, -0.2) is 4.79 Å². The summed E-state index contributed by atoms with van der Waals surface area (Å²) in [4.78, 5) is 25.5. The summed E-state index contributed by atoms with van der Waals surface area (Å²) in [5, 5.41) is 9.52. The van der Waals surface area contributed by atoms with Crippen LogP contribution < -0.4 is 0 Å². The standard InChI is InChI=1S/C14H25NO3S/c1-3-5-10-19-11-12(16)15-9-6-8-14(15,7-4-2)13(17)18/h3-11H2,1-2H3,(H,17,18). The molecule has 110 valence electrons. The number of amides is 1. The molecule has 0 aromatic heterocycles. The summed E-state index contributed by atoms with van der Waals surface area (Å²) in [6.07, 6.45) is 4.99. The zero-order chi connectivity index (χ0) is 14.3. The Hall–Kier alpha value is -0.710. The van der Waals surface area contributed by atoms with Crippen molar-refractivity contribution in [1.29, 1.82) is 0 Å². The highest BCUT2D eigenvalue weighted by Gasteiger charge is 2.48. The highest BCUT2D eigenvalue weighted by Crippen LogP contribution is 2.34. The van der Waals surface area contributed by atoms with Crippen LogP contribution in [-0.2, 0) is 9.59 Å². The predicted molar refractivity (Wildman–Crippen MR) is 78.5 cm³/mol. The Morgan fingerprint density at radius 3 is 2.63 bits per heavy atom. The minimum Gasteiger partial charge on any atom is -0.479 e. The molecule has 1 aliphatic heterocycles. The number of likely N-dealkylation sites (tertiary alicyclic amines) is 1. The fourth-order valence-electron chi connectivity index (χ4n) is 2.73. The van der Waals surface area contributed by atoms with Gasteiger partial charge in [0.2, 0.25) is 5.91 Å². The van der Waals surface area contributed by atoms with E-state index < -0.39 is 11.5 Å². The Kier molecular flexibility index (Phi) is 6.69. The molecule has 1 aliphatic rings. The number of nitrogens with zero attached hydrogens (tertiary/aromatic N) is 1. The van der Waals surface area contributed by atoms with E-state index in [9.17, 15) is 14.7 Å². The van der Waals surface area contributed by atoms with Gasteiger partial charge in [0.15, 0.2) is 0 Å². The number of carboxylic acids is 1. The summed E-state index contributed by atoms with van der Waals surface area (Å²) in [6, 6.07) is 0. The summed E-state index contributed by atoms with van der Waals surface area (Å²) in [5.41, 5.74) is -0.933. The van der Waals surface area contributed by atoms with Gasteiger partial charge in [-0.2, -0.15) is 11.8 Å². The first-order valence-electron chi connectivity index (χ1n) is 7.20. The molecule has 0 spiro atoms. The first-order chi connectivity index (χ1) is 9.08. The number of unbranched alkanes of at least 4 members (excludes halogenated alkanes) is 1. The van der Waals surface area contributed by atoms with E-state index in [0.717, 1.165) is 31.4 Å². The van der Waals surface area contributed by atoms with E-state index in [-0.39, 0.29) is 5.91 Å². The molecule has 1 heterocycles. The van der Waals surface area contributed by atoms with Gasteiger partial charge in [0.1, 0.15) is 5.54 Å². The Morgan fingerprint density at radius 1 is 1.32 bits per heavy atom. The summed E-state index contributed by atoms with van der Waals surface area (Å²) in [5.74, 6) is 0.552. The van der Waals surface area contributed by atoms with Crippen LogP contribution in [-0.4, -0.2) is 45.5 Å². The molecule has 0 aromatic rings.